The van der Waals surface area contributed by atoms with Crippen LogP contribution >= 0.6 is 0 Å². The third kappa shape index (κ3) is 1.95. The maximum absolute atomic E-state index is 11.3. The highest BCUT2D eigenvalue weighted by atomic mass is 16.1. The summed E-state index contributed by atoms with van der Waals surface area (Å²) in [6.07, 6.45) is 4.67. The second-order valence-corrected chi connectivity index (χ2v) is 4.42. The first-order chi connectivity index (χ1) is 8.34. The zero-order valence-corrected chi connectivity index (χ0v) is 9.52. The number of nitrogens with zero attached hydrogens (tertiary/aromatic N) is 3. The quantitative estimate of drug-likeness (QED) is 0.757. The molecule has 0 bridgehead atoms. The van der Waals surface area contributed by atoms with Crippen LogP contribution in [0.5, 0.6) is 0 Å². The predicted molar refractivity (Wildman–Crippen MR) is 62.8 cm³/mol. The van der Waals surface area contributed by atoms with Crippen molar-refractivity contribution in [3.63, 3.8) is 0 Å². The predicted octanol–water partition coefficient (Wildman–Crippen LogP) is 0.622. The van der Waals surface area contributed by atoms with Crippen molar-refractivity contribution >= 4 is 5.65 Å². The molecule has 1 aliphatic heterocycles. The van der Waals surface area contributed by atoms with Crippen LogP contribution in [0.15, 0.2) is 16.9 Å². The molecule has 1 aliphatic rings. The normalized spacial score (nSPS) is 21.5. The molecule has 2 N–H and O–H groups in total. The van der Waals surface area contributed by atoms with E-state index in [4.69, 9.17) is 0 Å². The van der Waals surface area contributed by atoms with Crippen molar-refractivity contribution in [2.75, 3.05) is 6.54 Å². The largest absolute Gasteiger partial charge is 0.307 e. The summed E-state index contributed by atoms with van der Waals surface area (Å²) < 4.78 is 1.69. The van der Waals surface area contributed by atoms with Crippen LogP contribution in [0.3, 0.4) is 0 Å². The molecule has 0 saturated carbocycles. The number of rotatable bonds is 1. The second kappa shape index (κ2) is 4.29. The van der Waals surface area contributed by atoms with E-state index in [9.17, 15) is 4.79 Å². The fraction of sp³-hybridized carbons (Fsp3) is 0.545. The average Bonchev–Trinajstić information content (AvgIpc) is 2.58. The van der Waals surface area contributed by atoms with Crippen molar-refractivity contribution in [2.45, 2.75) is 31.7 Å². The summed E-state index contributed by atoms with van der Waals surface area (Å²) in [5.41, 5.74) is 0.554. The van der Waals surface area contributed by atoms with Gasteiger partial charge in [0.05, 0.1) is 6.04 Å². The minimum absolute atomic E-state index is 0.132. The van der Waals surface area contributed by atoms with Crippen LogP contribution < -0.4 is 10.9 Å². The lowest BCUT2D eigenvalue weighted by Crippen LogP contribution is -2.24. The third-order valence-electron chi connectivity index (χ3n) is 3.19. The molecule has 0 radical (unpaired) electrons. The van der Waals surface area contributed by atoms with E-state index in [1.165, 1.54) is 25.3 Å². The Kier molecular flexibility index (Phi) is 2.64. The zero-order chi connectivity index (χ0) is 11.7. The van der Waals surface area contributed by atoms with E-state index in [-0.39, 0.29) is 11.6 Å². The fourth-order valence-corrected chi connectivity index (χ4v) is 2.30. The van der Waals surface area contributed by atoms with Gasteiger partial charge >= 0.3 is 0 Å². The maximum atomic E-state index is 11.3. The molecule has 0 aliphatic carbocycles. The van der Waals surface area contributed by atoms with Gasteiger partial charge in [0.1, 0.15) is 0 Å². The summed E-state index contributed by atoms with van der Waals surface area (Å²) in [5, 5.41) is 14.5. The van der Waals surface area contributed by atoms with E-state index in [0.717, 1.165) is 18.8 Å². The van der Waals surface area contributed by atoms with Gasteiger partial charge in [-0.15, -0.1) is 10.2 Å². The van der Waals surface area contributed by atoms with Crippen LogP contribution in [-0.2, 0) is 0 Å². The Morgan fingerprint density at radius 2 is 2.18 bits per heavy atom. The lowest BCUT2D eigenvalue weighted by atomic mass is 10.1. The number of hydrogen-bond donors (Lipinski definition) is 2. The van der Waals surface area contributed by atoms with Crippen molar-refractivity contribution < 1.29 is 0 Å². The minimum Gasteiger partial charge on any atom is -0.307 e. The minimum atomic E-state index is -0.132. The van der Waals surface area contributed by atoms with Crippen molar-refractivity contribution in [1.29, 1.82) is 0 Å². The summed E-state index contributed by atoms with van der Waals surface area (Å²) in [6.45, 7) is 0.997. The van der Waals surface area contributed by atoms with E-state index < -0.39 is 0 Å². The molecule has 6 heteroatoms. The van der Waals surface area contributed by atoms with Gasteiger partial charge < -0.3 is 5.32 Å². The second-order valence-electron chi connectivity index (χ2n) is 4.42. The number of nitrogens with one attached hydrogen (secondary N) is 2. The molecule has 3 rings (SSSR count). The van der Waals surface area contributed by atoms with E-state index in [1.807, 2.05) is 0 Å². The summed E-state index contributed by atoms with van der Waals surface area (Å²) in [6, 6.07) is 3.34. The standard InChI is InChI=1S/C11H15N5O/c17-10-6-5-9-13-14-11(16(9)15-10)8-4-2-1-3-7-12-8/h5-6,8,12H,1-4,7H2,(H,15,17). The molecule has 1 atom stereocenters. The van der Waals surface area contributed by atoms with Gasteiger partial charge in [-0.05, 0) is 25.5 Å². The highest BCUT2D eigenvalue weighted by molar-refractivity contribution is 5.35. The Morgan fingerprint density at radius 1 is 1.24 bits per heavy atom. The molecule has 1 unspecified atom stereocenters. The van der Waals surface area contributed by atoms with E-state index >= 15 is 0 Å². The summed E-state index contributed by atoms with van der Waals surface area (Å²) >= 11 is 0. The molecular weight excluding hydrogens is 218 g/mol. The maximum Gasteiger partial charge on any atom is 0.263 e. The van der Waals surface area contributed by atoms with Gasteiger partial charge in [0.15, 0.2) is 11.5 Å². The first kappa shape index (κ1) is 10.5. The number of aromatic nitrogens is 4. The lowest BCUT2D eigenvalue weighted by molar-refractivity contribution is 0.495. The molecule has 1 saturated heterocycles. The van der Waals surface area contributed by atoms with Gasteiger partial charge in [-0.3, -0.25) is 9.89 Å². The highest BCUT2D eigenvalue weighted by Gasteiger charge is 2.19. The summed E-state index contributed by atoms with van der Waals surface area (Å²) in [7, 11) is 0. The van der Waals surface area contributed by atoms with Gasteiger partial charge in [0, 0.05) is 6.07 Å². The van der Waals surface area contributed by atoms with Crippen molar-refractivity contribution in [1.82, 2.24) is 25.1 Å². The van der Waals surface area contributed by atoms with Gasteiger partial charge in [-0.25, -0.2) is 4.52 Å². The topological polar surface area (TPSA) is 75.1 Å². The van der Waals surface area contributed by atoms with Gasteiger partial charge in [-0.1, -0.05) is 12.8 Å². The Hall–Kier alpha value is -1.69. The van der Waals surface area contributed by atoms with E-state index in [2.05, 4.69) is 20.6 Å². The third-order valence-corrected chi connectivity index (χ3v) is 3.19. The van der Waals surface area contributed by atoms with Gasteiger partial charge in [-0.2, -0.15) is 0 Å². The monoisotopic (exact) mass is 233 g/mol. The molecule has 17 heavy (non-hydrogen) atoms. The molecule has 90 valence electrons. The summed E-state index contributed by atoms with van der Waals surface area (Å²) in [5.74, 6) is 0.805. The van der Waals surface area contributed by atoms with Crippen molar-refractivity contribution in [3.8, 4) is 0 Å². The SMILES string of the molecule is O=c1ccc2nnc(C3CCCCCN3)n2[nH]1. The van der Waals surface area contributed by atoms with Crippen LogP contribution in [0.4, 0.5) is 0 Å². The van der Waals surface area contributed by atoms with Gasteiger partial charge in [0.2, 0.25) is 0 Å². The van der Waals surface area contributed by atoms with Crippen LogP contribution in [0.2, 0.25) is 0 Å². The van der Waals surface area contributed by atoms with Crippen LogP contribution in [0.25, 0.3) is 5.65 Å². The molecule has 2 aromatic heterocycles. The van der Waals surface area contributed by atoms with Crippen LogP contribution in [-0.4, -0.2) is 26.4 Å². The molecule has 0 aromatic carbocycles. The van der Waals surface area contributed by atoms with Gasteiger partial charge in [0.25, 0.3) is 5.56 Å². The highest BCUT2D eigenvalue weighted by Crippen LogP contribution is 2.20. The van der Waals surface area contributed by atoms with Crippen molar-refractivity contribution in [3.05, 3.63) is 28.3 Å². The van der Waals surface area contributed by atoms with Crippen LogP contribution in [0.1, 0.15) is 37.5 Å². The first-order valence-corrected chi connectivity index (χ1v) is 6.02. The first-order valence-electron chi connectivity index (χ1n) is 6.02. The molecule has 1 fully saturated rings. The molecule has 0 amide bonds. The zero-order valence-electron chi connectivity index (χ0n) is 9.52. The van der Waals surface area contributed by atoms with Crippen LogP contribution in [0, 0.1) is 0 Å². The Bertz CT molecular complexity index is 564. The smallest absolute Gasteiger partial charge is 0.263 e. The number of H-pyrrole nitrogens is 1. The number of aromatic amines is 1. The summed E-state index contributed by atoms with van der Waals surface area (Å²) in [4.78, 5) is 11.3. The Morgan fingerprint density at radius 3 is 3.12 bits per heavy atom. The molecule has 3 heterocycles. The van der Waals surface area contributed by atoms with Crippen molar-refractivity contribution in [2.24, 2.45) is 0 Å². The van der Waals surface area contributed by atoms with E-state index in [0.29, 0.717) is 5.65 Å². The van der Waals surface area contributed by atoms with E-state index in [1.54, 1.807) is 10.6 Å². The molecular formula is C11H15N5O. The molecule has 2 aromatic rings. The Labute approximate surface area is 98.0 Å². The fourth-order valence-electron chi connectivity index (χ4n) is 2.30. The molecule has 6 nitrogen and oxygen atoms in total. The molecule has 0 spiro atoms. The number of hydrogen-bond acceptors (Lipinski definition) is 4. The number of fused-ring (bicyclic) bond motifs is 1. The average molecular weight is 233 g/mol. The lowest BCUT2D eigenvalue weighted by Gasteiger charge is -2.12. The Balaban J connectivity index is 2.03.